The van der Waals surface area contributed by atoms with E-state index in [1.54, 1.807) is 6.92 Å². The maximum atomic E-state index is 13.1. The van der Waals surface area contributed by atoms with Crippen LogP contribution in [0.4, 0.5) is 11.4 Å². The Balaban J connectivity index is 1.77. The number of carbonyl (C=O) groups excluding carboxylic acids is 2. The number of fused-ring (bicyclic) bond motifs is 1. The highest BCUT2D eigenvalue weighted by atomic mass is 16.5. The van der Waals surface area contributed by atoms with E-state index in [0.29, 0.717) is 18.8 Å². The van der Waals surface area contributed by atoms with Crippen LogP contribution in [0.2, 0.25) is 0 Å². The summed E-state index contributed by atoms with van der Waals surface area (Å²) in [5.74, 6) is 0.302. The number of para-hydroxylation sites is 2. The molecule has 0 N–H and O–H groups in total. The molecule has 2 aromatic carbocycles. The zero-order valence-corrected chi connectivity index (χ0v) is 16.2. The average Bonchev–Trinajstić information content (AvgIpc) is 3.23. The normalized spacial score (nSPS) is 20.8. The van der Waals surface area contributed by atoms with Crippen LogP contribution in [0, 0.1) is 0 Å². The highest BCUT2D eigenvalue weighted by Gasteiger charge is 2.39. The quantitative estimate of drug-likeness (QED) is 0.806. The highest BCUT2D eigenvalue weighted by molar-refractivity contribution is 6.06. The van der Waals surface area contributed by atoms with Gasteiger partial charge in [-0.15, -0.1) is 0 Å². The predicted octanol–water partition coefficient (Wildman–Crippen LogP) is 4.21. The molecular formula is C23H24N2O3. The van der Waals surface area contributed by atoms with Crippen LogP contribution in [-0.2, 0) is 14.3 Å². The van der Waals surface area contributed by atoms with Crippen LogP contribution >= 0.6 is 0 Å². The Hall–Kier alpha value is -3.08. The van der Waals surface area contributed by atoms with Gasteiger partial charge in [0.25, 0.3) is 5.91 Å². The third kappa shape index (κ3) is 3.17. The second-order valence-corrected chi connectivity index (χ2v) is 7.26. The Kier molecular flexibility index (Phi) is 4.90. The molecule has 0 radical (unpaired) electrons. The molecule has 0 fully saturated rings. The number of benzene rings is 2. The molecule has 2 heterocycles. The molecule has 2 aliphatic rings. The second kappa shape index (κ2) is 7.50. The van der Waals surface area contributed by atoms with Crippen molar-refractivity contribution in [2.75, 3.05) is 16.4 Å². The first-order chi connectivity index (χ1) is 13.6. The van der Waals surface area contributed by atoms with Gasteiger partial charge in [0.1, 0.15) is 0 Å². The molecule has 0 bridgehead atoms. The van der Waals surface area contributed by atoms with Crippen LogP contribution < -0.4 is 9.80 Å². The average molecular weight is 376 g/mol. The Bertz CT molecular complexity index is 922. The topological polar surface area (TPSA) is 49.9 Å². The number of hydrogen-bond donors (Lipinski definition) is 0. The Morgan fingerprint density at radius 2 is 1.79 bits per heavy atom. The molecule has 0 aliphatic carbocycles. The van der Waals surface area contributed by atoms with Gasteiger partial charge < -0.3 is 14.5 Å². The van der Waals surface area contributed by atoms with Crippen LogP contribution in [0.5, 0.6) is 0 Å². The van der Waals surface area contributed by atoms with Gasteiger partial charge >= 0.3 is 0 Å². The third-order valence-electron chi connectivity index (χ3n) is 5.38. The summed E-state index contributed by atoms with van der Waals surface area (Å²) in [6.07, 6.45) is 3.28. The zero-order chi connectivity index (χ0) is 19.7. The molecule has 0 saturated heterocycles. The van der Waals surface area contributed by atoms with E-state index < -0.39 is 0 Å². The molecule has 4 rings (SSSR count). The predicted molar refractivity (Wildman–Crippen MR) is 109 cm³/mol. The fourth-order valence-corrected chi connectivity index (χ4v) is 4.19. The summed E-state index contributed by atoms with van der Waals surface area (Å²) in [6, 6.07) is 17.4. The van der Waals surface area contributed by atoms with Gasteiger partial charge in [0.05, 0.1) is 12.6 Å². The van der Waals surface area contributed by atoms with Gasteiger partial charge in [-0.25, -0.2) is 0 Å². The molecule has 0 spiro atoms. The Morgan fingerprint density at radius 3 is 2.46 bits per heavy atom. The lowest BCUT2D eigenvalue weighted by atomic mass is 9.89. The molecule has 0 aromatic heterocycles. The molecule has 2 atom stereocenters. The molecule has 5 heteroatoms. The van der Waals surface area contributed by atoms with Crippen LogP contribution in [0.25, 0.3) is 0 Å². The minimum Gasteiger partial charge on any atom is -0.488 e. The summed E-state index contributed by atoms with van der Waals surface area (Å²) >= 11 is 0. The van der Waals surface area contributed by atoms with Crippen LogP contribution in [0.1, 0.15) is 38.3 Å². The number of nitrogens with zero attached hydrogens (tertiary/aromatic N) is 2. The molecule has 2 amide bonds. The summed E-state index contributed by atoms with van der Waals surface area (Å²) in [6.45, 7) is 4.17. The van der Waals surface area contributed by atoms with Gasteiger partial charge in [0.2, 0.25) is 5.91 Å². The van der Waals surface area contributed by atoms with E-state index in [9.17, 15) is 9.59 Å². The molecule has 2 aromatic rings. The van der Waals surface area contributed by atoms with Crippen molar-refractivity contribution >= 4 is 23.2 Å². The number of carbonyl (C=O) groups is 2. The number of ether oxygens (including phenoxy) is 1. The van der Waals surface area contributed by atoms with Crippen molar-refractivity contribution in [2.24, 2.45) is 0 Å². The molecular weight excluding hydrogens is 352 g/mol. The summed E-state index contributed by atoms with van der Waals surface area (Å²) in [4.78, 5) is 29.4. The van der Waals surface area contributed by atoms with Crippen LogP contribution in [0.3, 0.4) is 0 Å². The first-order valence-electron chi connectivity index (χ1n) is 9.68. The van der Waals surface area contributed by atoms with Gasteiger partial charge in [-0.3, -0.25) is 9.59 Å². The standard InChI is InChI=1S/C23H24N2O3/c1-16-15-21(25(17(2)26)18-9-4-3-5-10-18)19-11-6-7-12-20(19)24(16)23(27)22-13-8-14-28-22/h3-7,9-13,16,21H,8,14-15H2,1-2H3. The van der Waals surface area contributed by atoms with Gasteiger partial charge in [0, 0.05) is 30.8 Å². The number of anilines is 2. The zero-order valence-electron chi connectivity index (χ0n) is 16.2. The fraction of sp³-hybridized carbons (Fsp3) is 0.304. The summed E-state index contributed by atoms with van der Waals surface area (Å²) in [5, 5.41) is 0. The SMILES string of the molecule is CC(=O)N(c1ccccc1)C1CC(C)N(C(=O)C2=CCCO2)c2ccccc21. The van der Waals surface area contributed by atoms with Gasteiger partial charge in [-0.1, -0.05) is 36.4 Å². The second-order valence-electron chi connectivity index (χ2n) is 7.26. The molecule has 28 heavy (non-hydrogen) atoms. The first kappa shape index (κ1) is 18.3. The smallest absolute Gasteiger partial charge is 0.293 e. The summed E-state index contributed by atoms with van der Waals surface area (Å²) < 4.78 is 5.52. The molecule has 2 aliphatic heterocycles. The minimum absolute atomic E-state index is 0.0141. The number of hydrogen-bond acceptors (Lipinski definition) is 3. The Morgan fingerprint density at radius 1 is 1.07 bits per heavy atom. The van der Waals surface area contributed by atoms with Gasteiger partial charge in [0.15, 0.2) is 5.76 Å². The summed E-state index contributed by atoms with van der Waals surface area (Å²) in [5.41, 5.74) is 2.69. The maximum Gasteiger partial charge on any atom is 0.293 e. The van der Waals surface area contributed by atoms with Crippen molar-refractivity contribution in [3.05, 3.63) is 72.0 Å². The monoisotopic (exact) mass is 376 g/mol. The molecule has 2 unspecified atom stereocenters. The van der Waals surface area contributed by atoms with E-state index in [4.69, 9.17) is 4.74 Å². The summed E-state index contributed by atoms with van der Waals surface area (Å²) in [7, 11) is 0. The largest absolute Gasteiger partial charge is 0.488 e. The van der Waals surface area contributed by atoms with Crippen molar-refractivity contribution < 1.29 is 14.3 Å². The van der Waals surface area contributed by atoms with Crippen molar-refractivity contribution in [3.8, 4) is 0 Å². The molecule has 0 saturated carbocycles. The van der Waals surface area contributed by atoms with E-state index in [1.807, 2.05) is 77.4 Å². The maximum absolute atomic E-state index is 13.1. The van der Waals surface area contributed by atoms with Crippen molar-refractivity contribution in [1.82, 2.24) is 0 Å². The van der Waals surface area contributed by atoms with Gasteiger partial charge in [-0.2, -0.15) is 0 Å². The lowest BCUT2D eigenvalue weighted by molar-refractivity contribution is -0.118. The fourth-order valence-electron chi connectivity index (χ4n) is 4.19. The lowest BCUT2D eigenvalue weighted by Gasteiger charge is -2.43. The van der Waals surface area contributed by atoms with E-state index in [1.165, 1.54) is 0 Å². The number of rotatable bonds is 3. The van der Waals surface area contributed by atoms with E-state index in [-0.39, 0.29) is 23.9 Å². The van der Waals surface area contributed by atoms with E-state index in [2.05, 4.69) is 0 Å². The Labute approximate surface area is 165 Å². The van der Waals surface area contributed by atoms with Crippen LogP contribution in [0.15, 0.2) is 66.4 Å². The highest BCUT2D eigenvalue weighted by Crippen LogP contribution is 2.42. The lowest BCUT2D eigenvalue weighted by Crippen LogP contribution is -2.48. The minimum atomic E-state index is -0.131. The van der Waals surface area contributed by atoms with Crippen molar-refractivity contribution in [2.45, 2.75) is 38.8 Å². The van der Waals surface area contributed by atoms with E-state index in [0.717, 1.165) is 23.4 Å². The third-order valence-corrected chi connectivity index (χ3v) is 5.38. The first-order valence-corrected chi connectivity index (χ1v) is 9.68. The van der Waals surface area contributed by atoms with Crippen molar-refractivity contribution in [3.63, 3.8) is 0 Å². The van der Waals surface area contributed by atoms with E-state index >= 15 is 0 Å². The van der Waals surface area contributed by atoms with Gasteiger partial charge in [-0.05, 0) is 43.2 Å². The number of amides is 2. The molecule has 5 nitrogen and oxygen atoms in total. The van der Waals surface area contributed by atoms with Crippen molar-refractivity contribution in [1.29, 1.82) is 0 Å². The molecule has 144 valence electrons. The van der Waals surface area contributed by atoms with Crippen LogP contribution in [-0.4, -0.2) is 24.5 Å².